The number of pyridine rings is 1. The van der Waals surface area contributed by atoms with E-state index in [1.807, 2.05) is 30.3 Å². The molecule has 1 amide bonds. The molecule has 128 valence electrons. The number of carbonyl (C=O) groups excluding carboxylic acids is 1. The maximum Gasteiger partial charge on any atom is 0.271 e. The number of carbonyl (C=O) groups is 1. The molecule has 0 spiro atoms. The minimum absolute atomic E-state index is 0.179. The molecule has 6 nitrogen and oxygen atoms in total. The molecule has 0 unspecified atom stereocenters. The Labute approximate surface area is 150 Å². The zero-order valence-corrected chi connectivity index (χ0v) is 14.6. The van der Waals surface area contributed by atoms with Gasteiger partial charge >= 0.3 is 0 Å². The molecule has 0 radical (unpaired) electrons. The van der Waals surface area contributed by atoms with Crippen LogP contribution in [0, 0.1) is 0 Å². The van der Waals surface area contributed by atoms with Crippen LogP contribution in [0.5, 0.6) is 5.75 Å². The number of benzene rings is 1. The Hall–Kier alpha value is -2.86. The lowest BCUT2D eigenvalue weighted by Gasteiger charge is -2.16. The van der Waals surface area contributed by atoms with Gasteiger partial charge < -0.3 is 9.64 Å². The average Bonchev–Trinajstić information content (AvgIpc) is 3.13. The fraction of sp³-hybridized carbons (Fsp3) is 0.167. The van der Waals surface area contributed by atoms with Gasteiger partial charge in [-0.15, -0.1) is 0 Å². The van der Waals surface area contributed by atoms with Gasteiger partial charge in [0, 0.05) is 30.9 Å². The monoisotopic (exact) mass is 356 g/mol. The van der Waals surface area contributed by atoms with Crippen molar-refractivity contribution in [2.75, 3.05) is 14.2 Å². The summed E-state index contributed by atoms with van der Waals surface area (Å²) in [5.74, 6) is 0.554. The molecule has 25 heavy (non-hydrogen) atoms. The maximum absolute atomic E-state index is 12.6. The summed E-state index contributed by atoms with van der Waals surface area (Å²) in [5, 5.41) is 7.41. The number of nitrogens with one attached hydrogen (secondary N) is 1. The molecule has 0 aliphatic heterocycles. The normalized spacial score (nSPS) is 10.5. The lowest BCUT2D eigenvalue weighted by molar-refractivity contribution is 0.0779. The lowest BCUT2D eigenvalue weighted by Crippen LogP contribution is -2.26. The summed E-state index contributed by atoms with van der Waals surface area (Å²) < 4.78 is 5.21. The number of methoxy groups -OCH3 is 1. The van der Waals surface area contributed by atoms with Crippen molar-refractivity contribution in [2.45, 2.75) is 6.54 Å². The van der Waals surface area contributed by atoms with Crippen LogP contribution in [0.25, 0.3) is 11.3 Å². The molecular formula is C18H17ClN4O2. The van der Waals surface area contributed by atoms with Crippen LogP contribution >= 0.6 is 11.6 Å². The molecule has 0 bridgehead atoms. The molecule has 0 aliphatic rings. The topological polar surface area (TPSA) is 71.1 Å². The Kier molecular flexibility index (Phi) is 5.00. The molecule has 3 aromatic rings. The van der Waals surface area contributed by atoms with Gasteiger partial charge in [-0.2, -0.15) is 5.10 Å². The molecule has 0 fully saturated rings. The standard InChI is InChI=1S/C18H17ClN4O2/c1-23(11-13-6-4-8-20-17(13)19)18(24)16-10-15(21-22-16)12-5-3-7-14(9-12)25-2/h3-10H,11H2,1-2H3,(H,21,22). The fourth-order valence-electron chi connectivity index (χ4n) is 2.43. The molecule has 0 aliphatic carbocycles. The van der Waals surface area contributed by atoms with E-state index >= 15 is 0 Å². The summed E-state index contributed by atoms with van der Waals surface area (Å²) in [5.41, 5.74) is 2.73. The number of hydrogen-bond acceptors (Lipinski definition) is 4. The molecule has 7 heteroatoms. The Morgan fingerprint density at radius 2 is 2.12 bits per heavy atom. The zero-order chi connectivity index (χ0) is 17.8. The number of aromatic amines is 1. The van der Waals surface area contributed by atoms with E-state index in [9.17, 15) is 4.79 Å². The predicted octanol–water partition coefficient (Wildman–Crippen LogP) is 3.41. The van der Waals surface area contributed by atoms with Crippen LogP contribution in [0.4, 0.5) is 0 Å². The number of ether oxygens (including phenoxy) is 1. The van der Waals surface area contributed by atoms with Gasteiger partial charge in [0.2, 0.25) is 0 Å². The van der Waals surface area contributed by atoms with Crippen molar-refractivity contribution in [3.63, 3.8) is 0 Å². The van der Waals surface area contributed by atoms with E-state index in [-0.39, 0.29) is 5.91 Å². The average molecular weight is 357 g/mol. The van der Waals surface area contributed by atoms with Crippen molar-refractivity contribution in [3.8, 4) is 17.0 Å². The van der Waals surface area contributed by atoms with Gasteiger partial charge in [-0.05, 0) is 24.3 Å². The number of H-pyrrole nitrogens is 1. The Morgan fingerprint density at radius 3 is 2.88 bits per heavy atom. The summed E-state index contributed by atoms with van der Waals surface area (Å²) in [7, 11) is 3.31. The molecule has 1 aromatic carbocycles. The highest BCUT2D eigenvalue weighted by Gasteiger charge is 2.17. The summed E-state index contributed by atoms with van der Waals surface area (Å²) >= 11 is 6.05. The number of nitrogens with zero attached hydrogens (tertiary/aromatic N) is 3. The Balaban J connectivity index is 1.77. The van der Waals surface area contributed by atoms with Crippen LogP contribution in [0.2, 0.25) is 5.15 Å². The first kappa shape index (κ1) is 17.0. The highest BCUT2D eigenvalue weighted by atomic mass is 35.5. The second-order valence-electron chi connectivity index (χ2n) is 5.51. The van der Waals surface area contributed by atoms with Crippen molar-refractivity contribution in [1.82, 2.24) is 20.1 Å². The largest absolute Gasteiger partial charge is 0.497 e. The molecule has 1 N–H and O–H groups in total. The first-order valence-corrected chi connectivity index (χ1v) is 8.01. The quantitative estimate of drug-likeness (QED) is 0.711. The van der Waals surface area contributed by atoms with E-state index in [1.54, 1.807) is 37.4 Å². The van der Waals surface area contributed by atoms with Crippen molar-refractivity contribution in [1.29, 1.82) is 0 Å². The van der Waals surface area contributed by atoms with Gasteiger partial charge in [0.15, 0.2) is 0 Å². The zero-order valence-electron chi connectivity index (χ0n) is 13.9. The summed E-state index contributed by atoms with van der Waals surface area (Å²) in [6, 6.07) is 12.9. The van der Waals surface area contributed by atoms with E-state index in [4.69, 9.17) is 16.3 Å². The number of halogens is 1. The first-order valence-electron chi connectivity index (χ1n) is 7.63. The highest BCUT2D eigenvalue weighted by molar-refractivity contribution is 6.30. The van der Waals surface area contributed by atoms with E-state index in [2.05, 4.69) is 15.2 Å². The van der Waals surface area contributed by atoms with Crippen LogP contribution < -0.4 is 4.74 Å². The van der Waals surface area contributed by atoms with E-state index in [0.717, 1.165) is 16.9 Å². The van der Waals surface area contributed by atoms with Crippen molar-refractivity contribution in [3.05, 3.63) is 65.1 Å². The van der Waals surface area contributed by atoms with Gasteiger partial charge in [0.25, 0.3) is 5.91 Å². The molecular weight excluding hydrogens is 340 g/mol. The van der Waals surface area contributed by atoms with Crippen LogP contribution in [0.15, 0.2) is 48.7 Å². The predicted molar refractivity (Wildman–Crippen MR) is 95.6 cm³/mol. The molecule has 0 saturated carbocycles. The highest BCUT2D eigenvalue weighted by Crippen LogP contribution is 2.23. The third kappa shape index (κ3) is 3.80. The Bertz CT molecular complexity index is 894. The molecule has 0 saturated heterocycles. The van der Waals surface area contributed by atoms with Crippen LogP contribution in [0.1, 0.15) is 16.1 Å². The molecule has 2 heterocycles. The maximum atomic E-state index is 12.6. The van der Waals surface area contributed by atoms with Gasteiger partial charge in [-0.3, -0.25) is 9.89 Å². The third-order valence-electron chi connectivity index (χ3n) is 3.76. The second-order valence-corrected chi connectivity index (χ2v) is 5.87. The SMILES string of the molecule is COc1cccc(-c2cc(C(=O)N(C)Cc3cccnc3Cl)[nH]n2)c1. The second kappa shape index (κ2) is 7.36. The lowest BCUT2D eigenvalue weighted by atomic mass is 10.1. The molecule has 3 rings (SSSR count). The van der Waals surface area contributed by atoms with Gasteiger partial charge in [-0.25, -0.2) is 4.98 Å². The van der Waals surface area contributed by atoms with Gasteiger partial charge in [-0.1, -0.05) is 29.8 Å². The van der Waals surface area contributed by atoms with Gasteiger partial charge in [0.05, 0.1) is 12.8 Å². The number of rotatable bonds is 5. The van der Waals surface area contributed by atoms with Crippen molar-refractivity contribution in [2.24, 2.45) is 0 Å². The van der Waals surface area contributed by atoms with Crippen LogP contribution in [0.3, 0.4) is 0 Å². The van der Waals surface area contributed by atoms with Crippen LogP contribution in [-0.4, -0.2) is 40.1 Å². The fourth-order valence-corrected chi connectivity index (χ4v) is 2.61. The van der Waals surface area contributed by atoms with Gasteiger partial charge in [0.1, 0.15) is 16.6 Å². The van der Waals surface area contributed by atoms with Crippen LogP contribution in [-0.2, 0) is 6.54 Å². The third-order valence-corrected chi connectivity index (χ3v) is 4.10. The Morgan fingerprint density at radius 1 is 1.28 bits per heavy atom. The number of hydrogen-bond donors (Lipinski definition) is 1. The van der Waals surface area contributed by atoms with Crippen molar-refractivity contribution < 1.29 is 9.53 Å². The first-order chi connectivity index (χ1) is 12.1. The van der Waals surface area contributed by atoms with E-state index in [0.29, 0.717) is 23.1 Å². The van der Waals surface area contributed by atoms with E-state index < -0.39 is 0 Å². The molecule has 0 atom stereocenters. The number of amides is 1. The van der Waals surface area contributed by atoms with E-state index in [1.165, 1.54) is 0 Å². The minimum atomic E-state index is -0.179. The van der Waals surface area contributed by atoms with Crippen molar-refractivity contribution >= 4 is 17.5 Å². The minimum Gasteiger partial charge on any atom is -0.497 e. The smallest absolute Gasteiger partial charge is 0.271 e. The summed E-state index contributed by atoms with van der Waals surface area (Å²) in [6.45, 7) is 0.360. The summed E-state index contributed by atoms with van der Waals surface area (Å²) in [6.07, 6.45) is 1.61. The molecule has 2 aromatic heterocycles. The summed E-state index contributed by atoms with van der Waals surface area (Å²) in [4.78, 5) is 18.2. The number of aromatic nitrogens is 3.